The molecule has 0 bridgehead atoms. The van der Waals surface area contributed by atoms with Crippen LogP contribution in [0.2, 0.25) is 5.02 Å². The minimum Gasteiger partial charge on any atom is -0.340 e. The molecule has 2 aliphatic rings. The number of carbonyl (C=O) groups is 1. The van der Waals surface area contributed by atoms with E-state index in [9.17, 15) is 13.6 Å². The second kappa shape index (κ2) is 9.93. The molecule has 10 heteroatoms. The normalized spacial score (nSPS) is 15.9. The molecule has 0 unspecified atom stereocenters. The van der Waals surface area contributed by atoms with E-state index >= 15 is 0 Å². The quantitative estimate of drug-likeness (QED) is 0.504. The van der Waals surface area contributed by atoms with Gasteiger partial charge in [-0.25, -0.2) is 13.8 Å². The average molecular weight is 506 g/mol. The number of hydrogen-bond acceptors (Lipinski definition) is 4. The number of carbonyl (C=O) groups excluding carboxylic acids is 1. The third-order valence-electron chi connectivity index (χ3n) is 6.19. The van der Waals surface area contributed by atoms with Gasteiger partial charge in [-0.2, -0.15) is 13.5 Å². The highest BCUT2D eigenvalue weighted by Gasteiger charge is 2.32. The zero-order valence-corrected chi connectivity index (χ0v) is 20.2. The van der Waals surface area contributed by atoms with Crippen molar-refractivity contribution in [3.8, 4) is 11.3 Å². The minimum atomic E-state index is -0.537. The number of benzene rings is 2. The Morgan fingerprint density at radius 2 is 1.91 bits per heavy atom. The molecule has 0 radical (unpaired) electrons. The van der Waals surface area contributed by atoms with E-state index in [0.717, 1.165) is 19.3 Å². The monoisotopic (exact) mass is 505 g/mol. The highest BCUT2D eigenvalue weighted by molar-refractivity contribution is 7.59. The number of nitrogens with zero attached hydrogens (tertiary/aromatic N) is 3. The van der Waals surface area contributed by atoms with Crippen LogP contribution in [-0.2, 0) is 17.9 Å². The molecule has 1 amide bonds. The van der Waals surface area contributed by atoms with E-state index in [1.807, 2.05) is 4.57 Å². The summed E-state index contributed by atoms with van der Waals surface area (Å²) in [6.45, 7) is 1.32. The molecule has 1 fully saturated rings. The molecule has 34 heavy (non-hydrogen) atoms. The molecule has 6 nitrogen and oxygen atoms in total. The van der Waals surface area contributed by atoms with E-state index in [1.165, 1.54) is 24.3 Å². The SMILES string of the molecule is N[C@@H](CC1CC1)C(=O)N1CCn2c(nc(-c3ccc(F)cc3)c2Nc2ccc(Cl)c(F)c2)C1.S. The van der Waals surface area contributed by atoms with Gasteiger partial charge < -0.3 is 20.5 Å². The molecule has 1 atom stereocenters. The number of hydrogen-bond donors (Lipinski definition) is 2. The van der Waals surface area contributed by atoms with Gasteiger partial charge in [0.1, 0.15) is 29.0 Å². The fraction of sp³-hybridized carbons (Fsp3) is 0.333. The van der Waals surface area contributed by atoms with Crippen molar-refractivity contribution in [3.63, 3.8) is 0 Å². The Morgan fingerprint density at radius 3 is 2.59 bits per heavy atom. The molecule has 3 N–H and O–H groups in total. The highest BCUT2D eigenvalue weighted by Crippen LogP contribution is 2.35. The standard InChI is InChI=1S/C24H24ClF2N5O.H2S/c25-18-8-7-17(12-19(18)27)29-23-22(15-3-5-16(26)6-4-15)30-21-13-31(9-10-32(21)23)24(33)20(28)11-14-1-2-14;/h3-8,12,14,20,29H,1-2,9-11,13,28H2;1H2/t20-;/m0./s1. The van der Waals surface area contributed by atoms with Crippen LogP contribution in [0.1, 0.15) is 25.1 Å². The molecular weight excluding hydrogens is 480 g/mol. The summed E-state index contributed by atoms with van der Waals surface area (Å²) in [7, 11) is 0. The van der Waals surface area contributed by atoms with Gasteiger partial charge in [0.2, 0.25) is 5.91 Å². The number of aromatic nitrogens is 2. The van der Waals surface area contributed by atoms with Crippen molar-refractivity contribution >= 4 is 42.5 Å². The van der Waals surface area contributed by atoms with Gasteiger partial charge in [0.05, 0.1) is 17.6 Å². The van der Waals surface area contributed by atoms with Gasteiger partial charge in [0, 0.05) is 24.3 Å². The van der Waals surface area contributed by atoms with Crippen molar-refractivity contribution in [1.82, 2.24) is 14.5 Å². The van der Waals surface area contributed by atoms with Crippen LogP contribution in [0.3, 0.4) is 0 Å². The van der Waals surface area contributed by atoms with Gasteiger partial charge in [-0.15, -0.1) is 0 Å². The smallest absolute Gasteiger partial charge is 0.239 e. The Balaban J connectivity index is 0.00000274. The molecule has 3 aromatic rings. The molecule has 180 valence electrons. The van der Waals surface area contributed by atoms with Crippen LogP contribution in [0.25, 0.3) is 11.3 Å². The van der Waals surface area contributed by atoms with E-state index in [0.29, 0.717) is 54.1 Å². The molecule has 2 aromatic carbocycles. The molecule has 1 aromatic heterocycles. The summed E-state index contributed by atoms with van der Waals surface area (Å²) >= 11 is 5.82. The lowest BCUT2D eigenvalue weighted by atomic mass is 10.1. The Labute approximate surface area is 208 Å². The van der Waals surface area contributed by atoms with Crippen molar-refractivity contribution in [1.29, 1.82) is 0 Å². The zero-order valence-electron chi connectivity index (χ0n) is 18.4. The Morgan fingerprint density at radius 1 is 1.18 bits per heavy atom. The number of halogens is 3. The fourth-order valence-electron chi connectivity index (χ4n) is 4.21. The first-order valence-electron chi connectivity index (χ1n) is 11.0. The molecule has 5 rings (SSSR count). The third-order valence-corrected chi connectivity index (χ3v) is 6.49. The average Bonchev–Trinajstić information content (AvgIpc) is 3.55. The number of imidazole rings is 1. The van der Waals surface area contributed by atoms with Crippen molar-refractivity contribution in [2.75, 3.05) is 11.9 Å². The Bertz CT molecular complexity index is 1200. The highest BCUT2D eigenvalue weighted by atomic mass is 35.5. The predicted octanol–water partition coefficient (Wildman–Crippen LogP) is 4.81. The maximum absolute atomic E-state index is 14.0. The van der Waals surface area contributed by atoms with Crippen LogP contribution in [0.5, 0.6) is 0 Å². The minimum absolute atomic E-state index is 0. The molecule has 1 aliphatic carbocycles. The second-order valence-corrected chi connectivity index (χ2v) is 9.09. The lowest BCUT2D eigenvalue weighted by molar-refractivity contribution is -0.134. The Hall–Kier alpha value is -2.62. The van der Waals surface area contributed by atoms with Crippen molar-refractivity contribution < 1.29 is 13.6 Å². The van der Waals surface area contributed by atoms with Gasteiger partial charge in [-0.1, -0.05) is 24.4 Å². The van der Waals surface area contributed by atoms with E-state index < -0.39 is 11.9 Å². The first-order valence-corrected chi connectivity index (χ1v) is 11.4. The van der Waals surface area contributed by atoms with E-state index in [2.05, 4.69) is 5.32 Å². The van der Waals surface area contributed by atoms with Gasteiger partial charge in [0.15, 0.2) is 0 Å². The maximum Gasteiger partial charge on any atom is 0.239 e. The lowest BCUT2D eigenvalue weighted by Gasteiger charge is -2.30. The van der Waals surface area contributed by atoms with E-state index in [4.69, 9.17) is 22.3 Å². The van der Waals surface area contributed by atoms with Gasteiger partial charge in [0.25, 0.3) is 0 Å². The summed E-state index contributed by atoms with van der Waals surface area (Å²) in [5.74, 6) is 0.950. The second-order valence-electron chi connectivity index (χ2n) is 8.68. The molecule has 0 spiro atoms. The van der Waals surface area contributed by atoms with E-state index in [1.54, 1.807) is 23.1 Å². The molecule has 1 saturated carbocycles. The fourth-order valence-corrected chi connectivity index (χ4v) is 4.33. The van der Waals surface area contributed by atoms with Crippen LogP contribution in [0, 0.1) is 17.6 Å². The maximum atomic E-state index is 14.0. The summed E-state index contributed by atoms with van der Waals surface area (Å²) in [5.41, 5.74) is 7.97. The van der Waals surface area contributed by atoms with Crippen LogP contribution in [0.15, 0.2) is 42.5 Å². The number of nitrogens with two attached hydrogens (primary N) is 1. The van der Waals surface area contributed by atoms with Crippen molar-refractivity contribution in [3.05, 3.63) is 64.9 Å². The van der Waals surface area contributed by atoms with Gasteiger partial charge >= 0.3 is 0 Å². The summed E-state index contributed by atoms with van der Waals surface area (Å²) in [4.78, 5) is 19.4. The van der Waals surface area contributed by atoms with Gasteiger partial charge in [-0.3, -0.25) is 4.79 Å². The zero-order chi connectivity index (χ0) is 23.1. The largest absolute Gasteiger partial charge is 0.340 e. The predicted molar refractivity (Wildman–Crippen MR) is 133 cm³/mol. The van der Waals surface area contributed by atoms with Crippen molar-refractivity contribution in [2.45, 2.75) is 38.4 Å². The van der Waals surface area contributed by atoms with Crippen LogP contribution < -0.4 is 11.1 Å². The van der Waals surface area contributed by atoms with Gasteiger partial charge in [-0.05, 0) is 54.8 Å². The van der Waals surface area contributed by atoms with Crippen LogP contribution >= 0.6 is 25.1 Å². The molecule has 2 heterocycles. The summed E-state index contributed by atoms with van der Waals surface area (Å²) in [6.07, 6.45) is 3.01. The first-order chi connectivity index (χ1) is 15.9. The first kappa shape index (κ1) is 24.5. The third kappa shape index (κ3) is 5.06. The summed E-state index contributed by atoms with van der Waals surface area (Å²) in [5, 5.41) is 3.28. The molecule has 0 saturated heterocycles. The molecule has 1 aliphatic heterocycles. The topological polar surface area (TPSA) is 76.2 Å². The Kier molecular flexibility index (Phi) is 7.16. The number of fused-ring (bicyclic) bond motifs is 1. The van der Waals surface area contributed by atoms with Crippen molar-refractivity contribution in [2.24, 2.45) is 11.7 Å². The number of anilines is 2. The number of rotatable bonds is 6. The van der Waals surface area contributed by atoms with Crippen LogP contribution in [-0.4, -0.2) is 32.9 Å². The van der Waals surface area contributed by atoms with E-state index in [-0.39, 0.29) is 30.2 Å². The number of nitrogens with one attached hydrogen (secondary N) is 1. The van der Waals surface area contributed by atoms with Crippen LogP contribution in [0.4, 0.5) is 20.3 Å². The summed E-state index contributed by atoms with van der Waals surface area (Å²) < 4.78 is 29.5. The number of amides is 1. The lowest BCUT2D eigenvalue weighted by Crippen LogP contribution is -2.47. The molecular formula is C24H26ClF2N5OS. The summed E-state index contributed by atoms with van der Waals surface area (Å²) in [6, 6.07) is 9.99.